The predicted octanol–water partition coefficient (Wildman–Crippen LogP) is 6.38. The molecular formula is C26H30N2O2S2Zn-4. The van der Waals surface area contributed by atoms with E-state index in [2.05, 4.69) is 0 Å². The van der Waals surface area contributed by atoms with Crippen LogP contribution in [0.4, 0.5) is 0 Å². The quantitative estimate of drug-likeness (QED) is 0.421. The fourth-order valence-corrected chi connectivity index (χ4v) is 8.42. The second-order valence-electron chi connectivity index (χ2n) is 9.13. The number of nitrogens with zero attached hydrogens (tertiary/aromatic N) is 2. The fourth-order valence-electron chi connectivity index (χ4n) is 5.24. The van der Waals surface area contributed by atoms with Crippen molar-refractivity contribution >= 4 is 23.5 Å². The van der Waals surface area contributed by atoms with Gasteiger partial charge in [-0.1, -0.05) is 109 Å². The average molecular weight is 532 g/mol. The molecule has 4 aliphatic rings. The van der Waals surface area contributed by atoms with Gasteiger partial charge in [-0.15, -0.1) is 23.6 Å². The largest absolute Gasteiger partial charge is 0.872 e. The summed E-state index contributed by atoms with van der Waals surface area (Å²) in [5, 5.41) is 34.6. The van der Waals surface area contributed by atoms with Gasteiger partial charge in [0.1, 0.15) is 0 Å². The molecule has 0 radical (unpaired) electrons. The number of rotatable bonds is 2. The van der Waals surface area contributed by atoms with Gasteiger partial charge in [-0.3, -0.25) is 0 Å². The van der Waals surface area contributed by atoms with Crippen molar-refractivity contribution in [2.45, 2.75) is 84.7 Å². The van der Waals surface area contributed by atoms with Crippen LogP contribution in [0.15, 0.2) is 48.5 Å². The molecule has 4 fully saturated rings. The summed E-state index contributed by atoms with van der Waals surface area (Å²) in [7, 11) is 0. The Morgan fingerprint density at radius 1 is 0.606 bits per heavy atom. The van der Waals surface area contributed by atoms with Gasteiger partial charge in [-0.05, 0) is 23.3 Å². The van der Waals surface area contributed by atoms with Crippen molar-refractivity contribution < 1.29 is 29.7 Å². The molecule has 0 spiro atoms. The fraction of sp³-hybridized carbons (Fsp3) is 0.538. The molecule has 0 N–H and O–H groups in total. The zero-order valence-electron chi connectivity index (χ0n) is 19.0. The summed E-state index contributed by atoms with van der Waals surface area (Å²) in [6.07, 6.45) is 10.2. The van der Waals surface area contributed by atoms with Crippen LogP contribution >= 0.6 is 23.5 Å². The van der Waals surface area contributed by atoms with Crippen molar-refractivity contribution in [1.82, 2.24) is 0 Å². The van der Waals surface area contributed by atoms with Crippen LogP contribution in [0.5, 0.6) is 11.5 Å². The van der Waals surface area contributed by atoms with Gasteiger partial charge < -0.3 is 20.8 Å². The molecule has 0 amide bonds. The molecule has 6 rings (SSSR count). The van der Waals surface area contributed by atoms with Gasteiger partial charge in [0.05, 0.1) is 0 Å². The molecule has 0 aromatic heterocycles. The van der Waals surface area contributed by atoms with E-state index in [1.165, 1.54) is 51.4 Å². The minimum atomic E-state index is 0. The van der Waals surface area contributed by atoms with Crippen LogP contribution < -0.4 is 10.2 Å². The number of hydrogen-bond acceptors (Lipinski definition) is 4. The van der Waals surface area contributed by atoms with Crippen molar-refractivity contribution in [3.63, 3.8) is 0 Å². The maximum Gasteiger partial charge on any atom is 0 e. The SMILES string of the molecule is [O-]c1ccccc1C1[N-]C2CCCCC2S1.[O-]c1ccccc1C1[N-]C2CCCCC2S1.[Zn]. The molecule has 2 heterocycles. The molecule has 33 heavy (non-hydrogen) atoms. The van der Waals surface area contributed by atoms with E-state index in [9.17, 15) is 10.2 Å². The molecular weight excluding hydrogens is 502 g/mol. The molecule has 2 saturated heterocycles. The Morgan fingerprint density at radius 2 is 1.00 bits per heavy atom. The van der Waals surface area contributed by atoms with Gasteiger partial charge in [0, 0.05) is 19.5 Å². The van der Waals surface area contributed by atoms with Crippen LogP contribution in [0, 0.1) is 0 Å². The third kappa shape index (κ3) is 5.93. The number of fused-ring (bicyclic) bond motifs is 2. The number of benzene rings is 2. The van der Waals surface area contributed by atoms with Crippen LogP contribution in [0.1, 0.15) is 73.2 Å². The zero-order valence-corrected chi connectivity index (χ0v) is 23.6. The maximum atomic E-state index is 11.7. The van der Waals surface area contributed by atoms with E-state index in [-0.39, 0.29) is 41.7 Å². The second-order valence-corrected chi connectivity index (χ2v) is 11.8. The van der Waals surface area contributed by atoms with Crippen LogP contribution in [0.2, 0.25) is 0 Å². The second kappa shape index (κ2) is 11.8. The van der Waals surface area contributed by atoms with E-state index < -0.39 is 0 Å². The number of thioether (sulfide) groups is 2. The summed E-state index contributed by atoms with van der Waals surface area (Å²) in [6.45, 7) is 0. The van der Waals surface area contributed by atoms with Crippen molar-refractivity contribution in [2.24, 2.45) is 0 Å². The Morgan fingerprint density at radius 3 is 1.39 bits per heavy atom. The van der Waals surface area contributed by atoms with Gasteiger partial charge in [-0.2, -0.15) is 23.5 Å². The molecule has 2 aromatic rings. The Balaban J connectivity index is 0.000000152. The summed E-state index contributed by atoms with van der Waals surface area (Å²) < 4.78 is 0. The molecule has 2 aliphatic carbocycles. The van der Waals surface area contributed by atoms with Crippen LogP contribution in [-0.2, 0) is 19.5 Å². The molecule has 6 atom stereocenters. The van der Waals surface area contributed by atoms with Gasteiger partial charge in [0.2, 0.25) is 0 Å². The van der Waals surface area contributed by atoms with E-state index in [4.69, 9.17) is 10.6 Å². The Kier molecular flexibility index (Phi) is 9.08. The van der Waals surface area contributed by atoms with Crippen molar-refractivity contribution in [2.75, 3.05) is 0 Å². The molecule has 6 unspecified atom stereocenters. The van der Waals surface area contributed by atoms with Crippen LogP contribution in [0.25, 0.3) is 10.6 Å². The summed E-state index contributed by atoms with van der Waals surface area (Å²) in [5.41, 5.74) is 1.75. The summed E-state index contributed by atoms with van der Waals surface area (Å²) in [6, 6.07) is 15.6. The average Bonchev–Trinajstić information content (AvgIpc) is 3.44. The van der Waals surface area contributed by atoms with E-state index in [0.717, 1.165) is 11.1 Å². The molecule has 174 valence electrons. The minimum absolute atomic E-state index is 0. The van der Waals surface area contributed by atoms with Gasteiger partial charge >= 0.3 is 0 Å². The number of para-hydroxylation sites is 2. The van der Waals surface area contributed by atoms with Gasteiger partial charge in [0.25, 0.3) is 0 Å². The molecule has 2 aromatic carbocycles. The van der Waals surface area contributed by atoms with Crippen LogP contribution in [0.3, 0.4) is 0 Å². The van der Waals surface area contributed by atoms with E-state index in [1.807, 2.05) is 47.8 Å². The van der Waals surface area contributed by atoms with Crippen LogP contribution in [-0.4, -0.2) is 22.6 Å². The third-order valence-corrected chi connectivity index (χ3v) is 10.0. The first-order valence-corrected chi connectivity index (χ1v) is 13.8. The van der Waals surface area contributed by atoms with Crippen molar-refractivity contribution in [1.29, 1.82) is 0 Å². The molecule has 0 bridgehead atoms. The van der Waals surface area contributed by atoms with Crippen molar-refractivity contribution in [3.05, 3.63) is 70.3 Å². The van der Waals surface area contributed by atoms with Gasteiger partial charge in [-0.25, -0.2) is 0 Å². The summed E-state index contributed by atoms with van der Waals surface area (Å²) in [4.78, 5) is 0. The smallest absolute Gasteiger partial charge is 0 e. The first kappa shape index (κ1) is 25.4. The Hall–Kier alpha value is -0.717. The van der Waals surface area contributed by atoms with E-state index in [1.54, 1.807) is 24.3 Å². The third-order valence-electron chi connectivity index (χ3n) is 6.97. The van der Waals surface area contributed by atoms with E-state index >= 15 is 0 Å². The predicted molar refractivity (Wildman–Crippen MR) is 131 cm³/mol. The maximum absolute atomic E-state index is 11.7. The Bertz CT molecular complexity index is 816. The molecule has 4 nitrogen and oxygen atoms in total. The Labute approximate surface area is 218 Å². The summed E-state index contributed by atoms with van der Waals surface area (Å²) >= 11 is 3.79. The normalized spacial score (nSPS) is 32.6. The minimum Gasteiger partial charge on any atom is -0.872 e. The monoisotopic (exact) mass is 530 g/mol. The summed E-state index contributed by atoms with van der Waals surface area (Å²) in [5.74, 6) is 0.282. The van der Waals surface area contributed by atoms with Crippen molar-refractivity contribution in [3.8, 4) is 11.5 Å². The van der Waals surface area contributed by atoms with E-state index in [0.29, 0.717) is 22.6 Å². The topological polar surface area (TPSA) is 74.3 Å². The first-order valence-electron chi connectivity index (χ1n) is 11.9. The molecule has 2 aliphatic heterocycles. The standard InChI is InChI=1S/2C13H16NOS.Zn/c2*15-11-7-3-1-5-9(11)13-14-10-6-2-4-8-12(10)16-13;/h2*1,3,5,7,10,12-13,15H,2,4,6,8H2;/q2*-1;/p-2. The first-order chi connectivity index (χ1) is 15.7. The van der Waals surface area contributed by atoms with Gasteiger partial charge in [0.15, 0.2) is 0 Å². The molecule has 2 saturated carbocycles. The molecule has 7 heteroatoms. The zero-order chi connectivity index (χ0) is 21.9. The number of hydrogen-bond donors (Lipinski definition) is 0.